The van der Waals surface area contributed by atoms with Crippen molar-refractivity contribution in [3.8, 4) is 0 Å². The van der Waals surface area contributed by atoms with Crippen LogP contribution in [0.15, 0.2) is 0 Å². The fourth-order valence-corrected chi connectivity index (χ4v) is 4.12. The van der Waals surface area contributed by atoms with Crippen molar-refractivity contribution in [1.82, 2.24) is 40.9 Å². The molecule has 376 valence electrons. The molecule has 0 heterocycles. The van der Waals surface area contributed by atoms with Gasteiger partial charge in [-0.15, -0.1) is 0 Å². The van der Waals surface area contributed by atoms with Gasteiger partial charge in [-0.05, 0) is 0 Å². The molecule has 0 aliphatic rings. The molecule has 0 saturated carbocycles. The predicted molar refractivity (Wildman–Crippen MR) is 213 cm³/mol. The Labute approximate surface area is 481 Å². The summed E-state index contributed by atoms with van der Waals surface area (Å²) >= 11 is 0. The number of carboxylic acids is 12. The van der Waals surface area contributed by atoms with Crippen molar-refractivity contribution in [3.63, 3.8) is 0 Å². The Hall–Kier alpha value is -2.68. The maximum absolute atomic E-state index is 10.4. The Morgan fingerprint density at radius 3 is 0.456 bits per heavy atom. The van der Waals surface area contributed by atoms with Crippen LogP contribution in [0.3, 0.4) is 0 Å². The first-order valence-corrected chi connectivity index (χ1v) is 18.0. The van der Waals surface area contributed by atoms with Gasteiger partial charge >= 0.3 is 190 Å². The normalized spacial score (nSPS) is 9.71. The van der Waals surface area contributed by atoms with Crippen molar-refractivity contribution >= 4 is 71.6 Å². The van der Waals surface area contributed by atoms with E-state index in [1.54, 1.807) is 0 Å². The third-order valence-corrected chi connectivity index (χ3v) is 6.40. The standard InChI is InChI=1S/4C8H14N2O6.4Na.4H/c4*11-6(12)3-9-1-2-10(4-7(13)14)5-8(15)16;;;;;;;;/h4*9H,1-5H2,(H,11,12)(H,13,14)(H,15,16);;;;;;;;/q;;;;4*+1;4*-1. The second-order valence-electron chi connectivity index (χ2n) is 12.3. The van der Waals surface area contributed by atoms with E-state index in [-0.39, 0.29) is 255 Å². The van der Waals surface area contributed by atoms with Crippen molar-refractivity contribution in [1.29, 1.82) is 0 Å². The third-order valence-electron chi connectivity index (χ3n) is 6.40. The van der Waals surface area contributed by atoms with Gasteiger partial charge in [0.1, 0.15) is 0 Å². The van der Waals surface area contributed by atoms with Crippen molar-refractivity contribution in [2.75, 3.05) is 131 Å². The minimum atomic E-state index is -1.13. The second-order valence-corrected chi connectivity index (χ2v) is 12.3. The molecular weight excluding hydrogens is 972 g/mol. The molecule has 0 fully saturated rings. The van der Waals surface area contributed by atoms with Gasteiger partial charge in [0.2, 0.25) is 0 Å². The van der Waals surface area contributed by atoms with Crippen molar-refractivity contribution in [3.05, 3.63) is 0 Å². The monoisotopic (exact) mass is 1030 g/mol. The summed E-state index contributed by atoms with van der Waals surface area (Å²) in [6.45, 7) is -2.58. The molecule has 0 aromatic rings. The molecule has 0 aliphatic heterocycles. The summed E-state index contributed by atoms with van der Waals surface area (Å²) in [5.41, 5.74) is 0. The van der Waals surface area contributed by atoms with Gasteiger partial charge in [-0.2, -0.15) is 0 Å². The largest absolute Gasteiger partial charge is 1.00 e. The molecule has 0 aliphatic carbocycles. The average molecular weight is 1030 g/mol. The molecule has 32 nitrogen and oxygen atoms in total. The number of carbonyl (C=O) groups is 12. The zero-order chi connectivity index (χ0) is 50.2. The second kappa shape index (κ2) is 53.7. The van der Waals surface area contributed by atoms with Crippen molar-refractivity contribution < 1.29 is 243 Å². The first kappa shape index (κ1) is 82.2. The van der Waals surface area contributed by atoms with Crippen LogP contribution in [0.5, 0.6) is 0 Å². The summed E-state index contributed by atoms with van der Waals surface area (Å²) in [4.78, 5) is 128. The Morgan fingerprint density at radius 1 is 0.250 bits per heavy atom. The van der Waals surface area contributed by atoms with E-state index in [0.29, 0.717) is 0 Å². The van der Waals surface area contributed by atoms with E-state index in [2.05, 4.69) is 21.3 Å². The fourth-order valence-electron chi connectivity index (χ4n) is 4.12. The number of hydrogen-bond donors (Lipinski definition) is 16. The van der Waals surface area contributed by atoms with E-state index in [0.717, 1.165) is 0 Å². The van der Waals surface area contributed by atoms with E-state index >= 15 is 0 Å². The van der Waals surface area contributed by atoms with Crippen LogP contribution >= 0.6 is 0 Å². The van der Waals surface area contributed by atoms with Crippen molar-refractivity contribution in [2.45, 2.75) is 0 Å². The first-order chi connectivity index (χ1) is 29.7. The number of rotatable bonds is 36. The number of aliphatic carboxylic acids is 12. The van der Waals surface area contributed by atoms with E-state index in [1.165, 1.54) is 19.6 Å². The van der Waals surface area contributed by atoms with E-state index in [1.807, 2.05) is 0 Å². The SMILES string of the molecule is O=C(O)CNCCN(CC(=O)O)CC(=O)O.O=C(O)CNCCN(CC(=O)O)CC(=O)O.O=C(O)CNCCN(CC(=O)O)CC(=O)O.O=C(O)CNCCN(CC(=O)O)CC(=O)O.[H-].[H-].[H-].[H-].[Na+].[Na+].[Na+].[Na+]. The summed E-state index contributed by atoms with van der Waals surface area (Å²) in [5, 5.41) is 111. The minimum Gasteiger partial charge on any atom is -1.00 e. The van der Waals surface area contributed by atoms with Gasteiger partial charge in [-0.1, -0.05) is 0 Å². The minimum absolute atomic E-state index is 0. The molecule has 0 aromatic heterocycles. The van der Waals surface area contributed by atoms with Crippen LogP contribution in [0.25, 0.3) is 0 Å². The molecular formula is C32H60N8Na4O24. The van der Waals surface area contributed by atoms with Gasteiger partial charge in [0.05, 0.1) is 78.5 Å². The molecule has 68 heavy (non-hydrogen) atoms. The molecule has 0 amide bonds. The van der Waals surface area contributed by atoms with Gasteiger partial charge in [-0.3, -0.25) is 77.1 Å². The molecule has 0 bridgehead atoms. The number of nitrogens with zero attached hydrogens (tertiary/aromatic N) is 4. The van der Waals surface area contributed by atoms with Crippen LogP contribution in [0.2, 0.25) is 0 Å². The predicted octanol–water partition coefficient (Wildman–Crippen LogP) is -19.0. The smallest absolute Gasteiger partial charge is 1.00 e. The summed E-state index contributed by atoms with van der Waals surface area (Å²) in [7, 11) is 0. The van der Waals surface area contributed by atoms with Crippen molar-refractivity contribution in [2.24, 2.45) is 0 Å². The molecule has 0 saturated heterocycles. The molecule has 0 aromatic carbocycles. The van der Waals surface area contributed by atoms with Gasteiger partial charge in [0.15, 0.2) is 0 Å². The molecule has 36 heteroatoms. The van der Waals surface area contributed by atoms with Crippen LogP contribution in [-0.4, -0.2) is 283 Å². The summed E-state index contributed by atoms with van der Waals surface area (Å²) in [5.74, 6) is -13.1. The molecule has 16 N–H and O–H groups in total. The third kappa shape index (κ3) is 74.8. The van der Waals surface area contributed by atoms with Crippen LogP contribution in [0.4, 0.5) is 0 Å². The molecule has 0 unspecified atom stereocenters. The topological polar surface area (TPSA) is 509 Å². The van der Waals surface area contributed by atoms with Gasteiger partial charge in [0, 0.05) is 52.4 Å². The molecule has 0 spiro atoms. The maximum atomic E-state index is 10.4. The fraction of sp³-hybridized carbons (Fsp3) is 0.625. The first-order valence-electron chi connectivity index (χ1n) is 18.0. The van der Waals surface area contributed by atoms with Crippen LogP contribution in [-0.2, 0) is 57.5 Å². The Kier molecular flexibility index (Phi) is 64.9. The molecule has 0 radical (unpaired) electrons. The van der Waals surface area contributed by atoms with E-state index < -0.39 is 71.6 Å². The Balaban J connectivity index is -0.0000000643. The van der Waals surface area contributed by atoms with Crippen LogP contribution < -0.4 is 139 Å². The Bertz CT molecular complexity index is 1270. The summed E-state index contributed by atoms with van der Waals surface area (Å²) < 4.78 is 0. The zero-order valence-corrected chi connectivity index (χ0v) is 46.2. The number of hydrogen-bond acceptors (Lipinski definition) is 20. The van der Waals surface area contributed by atoms with E-state index in [9.17, 15) is 57.5 Å². The van der Waals surface area contributed by atoms with Crippen LogP contribution in [0, 0.1) is 0 Å². The number of nitrogens with one attached hydrogen (secondary N) is 4. The molecule has 0 rings (SSSR count). The van der Waals surface area contributed by atoms with Gasteiger partial charge in [-0.25, -0.2) is 0 Å². The Morgan fingerprint density at radius 2 is 0.368 bits per heavy atom. The molecule has 0 atom stereocenters. The van der Waals surface area contributed by atoms with Gasteiger partial charge in [0.25, 0.3) is 0 Å². The summed E-state index contributed by atoms with van der Waals surface area (Å²) in [6.07, 6.45) is 0. The van der Waals surface area contributed by atoms with Gasteiger partial charge < -0.3 is 88.3 Å². The summed E-state index contributed by atoms with van der Waals surface area (Å²) in [6, 6.07) is 0. The van der Waals surface area contributed by atoms with E-state index in [4.69, 9.17) is 61.3 Å². The maximum Gasteiger partial charge on any atom is 1.00 e. The van der Waals surface area contributed by atoms with Crippen LogP contribution in [0.1, 0.15) is 5.71 Å². The quantitative estimate of drug-likeness (QED) is 0.0205. The zero-order valence-electron chi connectivity index (χ0n) is 42.2. The number of carboxylic acid groups (broad SMARTS) is 12. The average Bonchev–Trinajstić information content (AvgIpc) is 3.10.